The number of carboxylic acids is 1. The Hall–Kier alpha value is -1.77. The Balaban J connectivity index is 2.04. The van der Waals surface area contributed by atoms with E-state index in [4.69, 9.17) is 39.5 Å². The van der Waals surface area contributed by atoms with Crippen LogP contribution in [0, 0.1) is 0 Å². The number of thiophene rings is 1. The normalized spacial score (nSPS) is 10.7. The molecular formula is C19H11BrCl3NO4S. The van der Waals surface area contributed by atoms with Gasteiger partial charge in [-0.3, -0.25) is 4.79 Å². The molecule has 0 unspecified atom stereocenters. The summed E-state index contributed by atoms with van der Waals surface area (Å²) >= 11 is 22.9. The Kier molecular flexibility index (Phi) is 6.76. The van der Waals surface area contributed by atoms with Crippen LogP contribution in [-0.2, 0) is 0 Å². The summed E-state index contributed by atoms with van der Waals surface area (Å²) in [5, 5.41) is 14.0. The zero-order valence-corrected chi connectivity index (χ0v) is 19.2. The second kappa shape index (κ2) is 8.93. The summed E-state index contributed by atoms with van der Waals surface area (Å²) in [6.45, 7) is 0. The molecule has 0 saturated heterocycles. The lowest BCUT2D eigenvalue weighted by Crippen LogP contribution is -2.15. The minimum atomic E-state index is -1.18. The van der Waals surface area contributed by atoms with Crippen LogP contribution in [0.2, 0.25) is 15.1 Å². The van der Waals surface area contributed by atoms with Crippen LogP contribution in [0.5, 0.6) is 5.75 Å². The van der Waals surface area contributed by atoms with Gasteiger partial charge in [-0.15, -0.1) is 11.3 Å². The van der Waals surface area contributed by atoms with Gasteiger partial charge in [0.25, 0.3) is 5.91 Å². The average Bonchev–Trinajstić information content (AvgIpc) is 3.05. The number of anilines is 1. The number of amides is 1. The smallest absolute Gasteiger partial charge is 0.339 e. The molecule has 0 atom stereocenters. The van der Waals surface area contributed by atoms with Crippen molar-refractivity contribution in [1.82, 2.24) is 0 Å². The monoisotopic (exact) mass is 533 g/mol. The molecule has 0 spiro atoms. The van der Waals surface area contributed by atoms with E-state index in [-0.39, 0.29) is 37.6 Å². The molecule has 0 aliphatic carbocycles. The molecule has 2 aromatic carbocycles. The van der Waals surface area contributed by atoms with E-state index in [1.165, 1.54) is 24.5 Å². The lowest BCUT2D eigenvalue weighted by molar-refractivity contribution is 0.0699. The molecule has 1 heterocycles. The van der Waals surface area contributed by atoms with Gasteiger partial charge in [0.2, 0.25) is 0 Å². The molecule has 29 heavy (non-hydrogen) atoms. The maximum Gasteiger partial charge on any atom is 0.339 e. The molecule has 0 bridgehead atoms. The summed E-state index contributed by atoms with van der Waals surface area (Å²) in [6.07, 6.45) is 0. The minimum absolute atomic E-state index is 0.0117. The summed E-state index contributed by atoms with van der Waals surface area (Å²) < 4.78 is 5.91. The molecule has 2 N–H and O–H groups in total. The highest BCUT2D eigenvalue weighted by Crippen LogP contribution is 2.41. The van der Waals surface area contributed by atoms with Crippen LogP contribution in [-0.4, -0.2) is 24.1 Å². The summed E-state index contributed by atoms with van der Waals surface area (Å²) in [4.78, 5) is 25.2. The number of aromatic carboxylic acids is 1. The van der Waals surface area contributed by atoms with Crippen LogP contribution in [0.4, 0.5) is 5.69 Å². The molecule has 5 nitrogen and oxygen atoms in total. The second-order valence-corrected chi connectivity index (χ2v) is 8.67. The van der Waals surface area contributed by atoms with Gasteiger partial charge in [-0.25, -0.2) is 4.79 Å². The van der Waals surface area contributed by atoms with E-state index in [9.17, 15) is 14.7 Å². The maximum atomic E-state index is 12.8. The summed E-state index contributed by atoms with van der Waals surface area (Å²) in [5.41, 5.74) is 0.728. The number of carbonyl (C=O) groups excluding carboxylic acids is 1. The van der Waals surface area contributed by atoms with Crippen molar-refractivity contribution in [2.75, 3.05) is 12.4 Å². The third-order valence-corrected chi connectivity index (χ3v) is 6.36. The molecule has 10 heteroatoms. The number of methoxy groups -OCH3 is 1. The van der Waals surface area contributed by atoms with Crippen LogP contribution >= 0.6 is 62.1 Å². The topological polar surface area (TPSA) is 75.6 Å². The highest BCUT2D eigenvalue weighted by Gasteiger charge is 2.25. The molecule has 3 aromatic rings. The number of ether oxygens (including phenoxy) is 1. The SMILES string of the molecule is COc1c(Cl)cc(Cl)c(C(=O)Nc2csc(-c3cccc(Br)c3)c2C(=O)O)c1Cl. The first-order chi connectivity index (χ1) is 13.7. The third kappa shape index (κ3) is 4.39. The largest absolute Gasteiger partial charge is 0.494 e. The van der Waals surface area contributed by atoms with Gasteiger partial charge in [0.1, 0.15) is 5.56 Å². The van der Waals surface area contributed by atoms with Crippen LogP contribution in [0.1, 0.15) is 20.7 Å². The number of carbonyl (C=O) groups is 2. The molecular weight excluding hydrogens is 525 g/mol. The fourth-order valence-corrected chi connectivity index (χ4v) is 5.14. The second-order valence-electron chi connectivity index (χ2n) is 5.69. The number of rotatable bonds is 5. The molecule has 1 aromatic heterocycles. The Morgan fingerprint density at radius 2 is 1.86 bits per heavy atom. The fourth-order valence-electron chi connectivity index (χ4n) is 2.66. The first-order valence-corrected chi connectivity index (χ1v) is 10.7. The van der Waals surface area contributed by atoms with Crippen molar-refractivity contribution in [2.24, 2.45) is 0 Å². The zero-order chi connectivity index (χ0) is 21.3. The van der Waals surface area contributed by atoms with Gasteiger partial charge >= 0.3 is 5.97 Å². The van der Waals surface area contributed by atoms with Crippen molar-refractivity contribution in [2.45, 2.75) is 0 Å². The van der Waals surface area contributed by atoms with Crippen LogP contribution in [0.15, 0.2) is 40.2 Å². The van der Waals surface area contributed by atoms with Gasteiger partial charge in [0.15, 0.2) is 5.75 Å². The third-order valence-electron chi connectivity index (χ3n) is 3.90. The summed E-state index contributed by atoms with van der Waals surface area (Å²) in [5.74, 6) is -1.76. The standard InChI is InChI=1S/C19H11BrCl3NO4S/c1-28-16-11(22)6-10(21)13(15(16)23)18(25)24-12-7-29-17(14(12)19(26)27)8-3-2-4-9(20)5-8/h2-7H,1H3,(H,24,25)(H,26,27). The van der Waals surface area contributed by atoms with Gasteiger partial charge < -0.3 is 15.2 Å². The molecule has 0 aliphatic heterocycles. The lowest BCUT2D eigenvalue weighted by atomic mass is 10.1. The molecule has 0 radical (unpaired) electrons. The van der Waals surface area contributed by atoms with Crippen molar-refractivity contribution in [3.05, 3.63) is 66.4 Å². The van der Waals surface area contributed by atoms with Gasteiger partial charge in [-0.1, -0.05) is 62.9 Å². The molecule has 0 aliphatic rings. The van der Waals surface area contributed by atoms with Crippen molar-refractivity contribution in [3.63, 3.8) is 0 Å². The van der Waals surface area contributed by atoms with E-state index in [1.54, 1.807) is 23.6 Å². The molecule has 0 fully saturated rings. The predicted octanol–water partition coefficient (Wildman–Crippen LogP) is 7.10. The Morgan fingerprint density at radius 3 is 2.48 bits per heavy atom. The van der Waals surface area contributed by atoms with Crippen LogP contribution < -0.4 is 10.1 Å². The number of hydrogen-bond acceptors (Lipinski definition) is 4. The highest BCUT2D eigenvalue weighted by atomic mass is 79.9. The van der Waals surface area contributed by atoms with E-state index < -0.39 is 11.9 Å². The number of benzene rings is 2. The Morgan fingerprint density at radius 1 is 1.14 bits per heavy atom. The first-order valence-electron chi connectivity index (χ1n) is 7.88. The number of halogens is 4. The van der Waals surface area contributed by atoms with E-state index in [2.05, 4.69) is 21.2 Å². The van der Waals surface area contributed by atoms with Crippen molar-refractivity contribution in [1.29, 1.82) is 0 Å². The quantitative estimate of drug-likeness (QED) is 0.366. The molecule has 3 rings (SSSR count). The fraction of sp³-hybridized carbons (Fsp3) is 0.0526. The van der Waals surface area contributed by atoms with E-state index in [0.29, 0.717) is 10.4 Å². The molecule has 150 valence electrons. The highest BCUT2D eigenvalue weighted by molar-refractivity contribution is 9.10. The maximum absolute atomic E-state index is 12.8. The first kappa shape index (κ1) is 21.9. The van der Waals surface area contributed by atoms with Crippen molar-refractivity contribution >= 4 is 79.6 Å². The summed E-state index contributed by atoms with van der Waals surface area (Å²) in [7, 11) is 1.36. The summed E-state index contributed by atoms with van der Waals surface area (Å²) in [6, 6.07) is 8.54. The van der Waals surface area contributed by atoms with Crippen LogP contribution in [0.25, 0.3) is 10.4 Å². The van der Waals surface area contributed by atoms with E-state index >= 15 is 0 Å². The van der Waals surface area contributed by atoms with Gasteiger partial charge in [-0.2, -0.15) is 0 Å². The van der Waals surface area contributed by atoms with Crippen LogP contribution in [0.3, 0.4) is 0 Å². The number of nitrogens with one attached hydrogen (secondary N) is 1. The average molecular weight is 536 g/mol. The van der Waals surface area contributed by atoms with Gasteiger partial charge in [0.05, 0.1) is 38.3 Å². The van der Waals surface area contributed by atoms with E-state index in [0.717, 1.165) is 4.47 Å². The lowest BCUT2D eigenvalue weighted by Gasteiger charge is -2.13. The van der Waals surface area contributed by atoms with E-state index in [1.807, 2.05) is 6.07 Å². The predicted molar refractivity (Wildman–Crippen MR) is 120 cm³/mol. The van der Waals surface area contributed by atoms with Gasteiger partial charge in [0, 0.05) is 9.85 Å². The van der Waals surface area contributed by atoms with Crippen molar-refractivity contribution in [3.8, 4) is 16.2 Å². The number of hydrogen-bond donors (Lipinski definition) is 2. The minimum Gasteiger partial charge on any atom is -0.494 e. The Bertz CT molecular complexity index is 1130. The molecule has 0 saturated carbocycles. The number of carboxylic acid groups (broad SMARTS) is 1. The van der Waals surface area contributed by atoms with Crippen molar-refractivity contribution < 1.29 is 19.4 Å². The zero-order valence-electron chi connectivity index (χ0n) is 14.6. The molecule has 1 amide bonds. The van der Waals surface area contributed by atoms with Gasteiger partial charge in [-0.05, 0) is 23.8 Å². The Labute approximate surface area is 193 Å².